The lowest BCUT2D eigenvalue weighted by Gasteiger charge is -2.27. The maximum Gasteiger partial charge on any atom is 0.0645 e. The van der Waals surface area contributed by atoms with Crippen LogP contribution in [0.3, 0.4) is 0 Å². The zero-order chi connectivity index (χ0) is 55.7. The first-order chi connectivity index (χ1) is 34.9. The largest absolute Gasteiger partial charge is 0.310 e. The molecule has 0 atom stereocenters. The van der Waals surface area contributed by atoms with Crippen molar-refractivity contribution in [2.75, 3.05) is 4.90 Å². The van der Waals surface area contributed by atoms with Crippen LogP contribution in [0.5, 0.6) is 0 Å². The Kier molecular flexibility index (Phi) is 2.50. The van der Waals surface area contributed by atoms with E-state index in [1.165, 1.54) is 0 Å². The number of rotatable bonds is 5. The van der Waals surface area contributed by atoms with Crippen LogP contribution in [0.2, 0.25) is 0 Å². The molecule has 0 saturated carbocycles. The molecule has 2 heteroatoms. The molecule has 0 bridgehead atoms. The molecule has 0 aliphatic carbocycles. The molecule has 46 heavy (non-hydrogen) atoms. The maximum atomic E-state index is 9.74. The molecule has 0 aliphatic heterocycles. The van der Waals surface area contributed by atoms with Gasteiger partial charge in [0.2, 0.25) is 0 Å². The van der Waals surface area contributed by atoms with E-state index in [1.54, 1.807) is 0 Å². The van der Waals surface area contributed by atoms with Gasteiger partial charge in [0.05, 0.1) is 45.4 Å². The van der Waals surface area contributed by atoms with Crippen molar-refractivity contribution >= 4 is 70.1 Å². The van der Waals surface area contributed by atoms with Gasteiger partial charge in [0, 0.05) is 31.5 Å². The molecule has 8 aromatic carbocycles. The van der Waals surface area contributed by atoms with Gasteiger partial charge in [-0.15, -0.1) is 11.3 Å². The summed E-state index contributed by atoms with van der Waals surface area (Å²) in [5, 5.41) is -3.38. The first-order valence-electron chi connectivity index (χ1n) is 27.8. The van der Waals surface area contributed by atoms with Crippen molar-refractivity contribution in [2.24, 2.45) is 0 Å². The van der Waals surface area contributed by atoms with Gasteiger partial charge in [0.1, 0.15) is 0 Å². The van der Waals surface area contributed by atoms with Gasteiger partial charge in [0.15, 0.2) is 0 Å². The van der Waals surface area contributed by atoms with Gasteiger partial charge in [-0.25, -0.2) is 0 Å². The molecule has 216 valence electrons. The topological polar surface area (TPSA) is 3.24 Å². The third-order valence-corrected chi connectivity index (χ3v) is 7.97. The Morgan fingerprint density at radius 2 is 0.978 bits per heavy atom. The fourth-order valence-corrected chi connectivity index (χ4v) is 5.93. The molecule has 1 aromatic heterocycles. The van der Waals surface area contributed by atoms with E-state index in [1.807, 2.05) is 0 Å². The second-order valence-corrected chi connectivity index (χ2v) is 10.5. The van der Waals surface area contributed by atoms with Crippen LogP contribution in [0.4, 0.5) is 17.1 Å². The number of fused-ring (bicyclic) bond motifs is 6. The normalized spacial score (nSPS) is 20.3. The van der Waals surface area contributed by atoms with E-state index in [0.29, 0.717) is 16.2 Å². The third-order valence-electron chi connectivity index (χ3n) is 6.95. The van der Waals surface area contributed by atoms with Crippen LogP contribution in [-0.4, -0.2) is 0 Å². The molecule has 9 rings (SSSR count). The summed E-state index contributed by atoms with van der Waals surface area (Å²) in [6, 6.07) is -27.9. The molecule has 9 aromatic rings. The van der Waals surface area contributed by atoms with E-state index in [-0.39, 0.29) is 9.40 Å². The minimum Gasteiger partial charge on any atom is -0.310 e. The quantitative estimate of drug-likeness (QED) is 0.171. The highest BCUT2D eigenvalue weighted by Gasteiger charge is 2.19. The molecule has 1 nitrogen and oxygen atoms in total. The number of hydrogen-bond donors (Lipinski definition) is 0. The van der Waals surface area contributed by atoms with Crippen LogP contribution in [0, 0.1) is 0 Å². The van der Waals surface area contributed by atoms with Crippen LogP contribution in [0.15, 0.2) is 175 Å². The van der Waals surface area contributed by atoms with E-state index in [4.69, 9.17) is 26.0 Å². The Morgan fingerprint density at radius 1 is 0.413 bits per heavy atom. The SMILES string of the molecule is [2H]c1c([2H])c([2H])c(-c2c([2H])c([2H])c(N(c3c([2H])c([2H])c(-c4c([2H])c5c([2H])c([2H])c([2H])c([2H])c5c5c([2H])c([2H])c([2H])c([2H])c45)c([2H])c3[2H])c3c([2H])c([2H])c([2H])c4sc5c([2H])c([2H])c([2H])c([2H])c5c34)c([2H])c2[2H])c([2H])c1[2H]. The first-order valence-corrected chi connectivity index (χ1v) is 14.1. The molecule has 0 aliphatic rings. The van der Waals surface area contributed by atoms with Gasteiger partial charge in [-0.2, -0.15) is 0 Å². The van der Waals surface area contributed by atoms with Crippen molar-refractivity contribution in [1.29, 1.82) is 0 Å². The predicted octanol–water partition coefficient (Wildman–Crippen LogP) is 13.2. The molecule has 0 unspecified atom stereocenters. The van der Waals surface area contributed by atoms with Crippen LogP contribution >= 0.6 is 11.3 Å². The minimum absolute atomic E-state index is 0.254. The van der Waals surface area contributed by atoms with Gasteiger partial charge >= 0.3 is 0 Å². The van der Waals surface area contributed by atoms with Crippen LogP contribution in [-0.2, 0) is 0 Å². The molecular weight excluding hydrogens is 575 g/mol. The summed E-state index contributed by atoms with van der Waals surface area (Å²) in [5.74, 6) is 0. The summed E-state index contributed by atoms with van der Waals surface area (Å²) in [5.41, 5.74) is -6.35. The van der Waals surface area contributed by atoms with Gasteiger partial charge in [0.25, 0.3) is 0 Å². The fourth-order valence-electron chi connectivity index (χ4n) is 4.96. The molecule has 1 heterocycles. The number of hydrogen-bond acceptors (Lipinski definition) is 2. The summed E-state index contributed by atoms with van der Waals surface area (Å²) in [6.07, 6.45) is 0. The molecular formula is C44H29NS. The summed E-state index contributed by atoms with van der Waals surface area (Å²) in [4.78, 5) is 0.481. The van der Waals surface area contributed by atoms with Crippen LogP contribution in [0.1, 0.15) is 39.8 Å². The Bertz CT molecular complexity index is 4100. The zero-order valence-electron chi connectivity index (χ0n) is 51.9. The number of nitrogens with zero attached hydrogens (tertiary/aromatic N) is 1. The zero-order valence-corrected chi connectivity index (χ0v) is 23.7. The summed E-state index contributed by atoms with van der Waals surface area (Å²) in [6.45, 7) is 0. The highest BCUT2D eigenvalue weighted by molar-refractivity contribution is 7.26. The van der Waals surface area contributed by atoms with E-state index in [9.17, 15) is 13.7 Å². The highest BCUT2D eigenvalue weighted by atomic mass is 32.1. The lowest BCUT2D eigenvalue weighted by Crippen LogP contribution is -2.10. The van der Waals surface area contributed by atoms with Crippen molar-refractivity contribution in [1.82, 2.24) is 0 Å². The van der Waals surface area contributed by atoms with Crippen molar-refractivity contribution in [3.8, 4) is 22.3 Å². The lowest BCUT2D eigenvalue weighted by molar-refractivity contribution is 1.30. The predicted molar refractivity (Wildman–Crippen MR) is 200 cm³/mol. The van der Waals surface area contributed by atoms with E-state index in [2.05, 4.69) is 0 Å². The summed E-state index contributed by atoms with van der Waals surface area (Å²) >= 11 is 0.552. The van der Waals surface area contributed by atoms with E-state index >= 15 is 0 Å². The number of anilines is 3. The standard InChI is InChI=1S/C44H29NS/c1-2-11-30(12-3-1)31-21-25-34(26-22-31)45(41-18-10-20-43-44(41)39-17-8-9-19-42(39)46-43)35-27-23-32(24-28-35)40-29-33-13-4-5-14-36(33)37-15-6-7-16-38(37)40/h1-29H/i1D,2D,3D,4D,5D,6D,7D,8D,9D,10D,11D,12D,13D,14D,15D,16D,17D,18D,19D,20D,21D,22D,23D,24D,25D,26D,27D,28D,29D. The van der Waals surface area contributed by atoms with Gasteiger partial charge in [-0.05, 0) is 92.1 Å². The van der Waals surface area contributed by atoms with Crippen LogP contribution in [0.25, 0.3) is 64.0 Å². The molecule has 0 saturated heterocycles. The minimum atomic E-state index is -1.24. The third kappa shape index (κ3) is 4.46. The second kappa shape index (κ2) is 11.0. The van der Waals surface area contributed by atoms with Gasteiger partial charge in [-0.3, -0.25) is 0 Å². The van der Waals surface area contributed by atoms with Gasteiger partial charge < -0.3 is 4.90 Å². The molecule has 0 spiro atoms. The van der Waals surface area contributed by atoms with Crippen molar-refractivity contribution in [3.63, 3.8) is 0 Å². The smallest absolute Gasteiger partial charge is 0.0645 e. The molecule has 0 N–H and O–H groups in total. The molecule has 0 fully saturated rings. The fraction of sp³-hybridized carbons (Fsp3) is 0. The lowest BCUT2D eigenvalue weighted by atomic mass is 9.93. The Hall–Kier alpha value is -5.70. The Balaban J connectivity index is 1.53. The monoisotopic (exact) mass is 632 g/mol. The van der Waals surface area contributed by atoms with Crippen molar-refractivity contribution in [3.05, 3.63) is 175 Å². The van der Waals surface area contributed by atoms with Crippen molar-refractivity contribution in [2.45, 2.75) is 0 Å². The molecule has 0 amide bonds. The number of benzene rings is 8. The van der Waals surface area contributed by atoms with E-state index in [0.717, 1.165) is 0 Å². The average molecular weight is 633 g/mol. The van der Waals surface area contributed by atoms with E-state index < -0.39 is 247 Å². The maximum absolute atomic E-state index is 9.74. The van der Waals surface area contributed by atoms with Crippen molar-refractivity contribution < 1.29 is 39.8 Å². The highest BCUT2D eigenvalue weighted by Crippen LogP contribution is 2.45. The Morgan fingerprint density at radius 3 is 1.74 bits per heavy atom. The van der Waals surface area contributed by atoms with Crippen LogP contribution < -0.4 is 4.90 Å². The summed E-state index contributed by atoms with van der Waals surface area (Å²) in [7, 11) is 0. The second-order valence-electron chi connectivity index (χ2n) is 9.52. The van der Waals surface area contributed by atoms with Gasteiger partial charge in [-0.1, -0.05) is 127 Å². The molecule has 0 radical (unpaired) electrons. The Labute approximate surface area is 313 Å². The average Bonchev–Trinajstić information content (AvgIpc) is 3.78. The first kappa shape index (κ1) is 10.4. The number of thiophene rings is 1. The summed E-state index contributed by atoms with van der Waals surface area (Å²) < 4.78 is 259.